The Morgan fingerprint density at radius 3 is 2.48 bits per heavy atom. The first-order valence-corrected chi connectivity index (χ1v) is 7.20. The zero-order valence-corrected chi connectivity index (χ0v) is 13.4. The number of carbonyl (C=O) groups is 2. The van der Waals surface area contributed by atoms with Crippen molar-refractivity contribution in [2.45, 2.75) is 13.8 Å². The molecular weight excluding hydrogens is 296 g/mol. The fraction of sp³-hybridized carbons (Fsp3) is 0.294. The van der Waals surface area contributed by atoms with Gasteiger partial charge in [-0.05, 0) is 49.2 Å². The second-order valence-corrected chi connectivity index (χ2v) is 5.18. The molecule has 0 saturated heterocycles. The predicted molar refractivity (Wildman–Crippen MR) is 85.9 cm³/mol. The maximum Gasteiger partial charge on any atom is 0.268 e. The molecule has 0 unspecified atom stereocenters. The SMILES string of the molecule is COCOc1c(C)cc(C(=O)CNC(=O)c2ccc[nH]2)cc1C. The van der Waals surface area contributed by atoms with Crippen molar-refractivity contribution in [2.24, 2.45) is 0 Å². The largest absolute Gasteiger partial charge is 0.467 e. The highest BCUT2D eigenvalue weighted by molar-refractivity contribution is 6.02. The number of amides is 1. The number of ether oxygens (including phenoxy) is 2. The Bertz CT molecular complexity index is 670. The van der Waals surface area contributed by atoms with E-state index in [9.17, 15) is 9.59 Å². The molecule has 0 aliphatic rings. The molecule has 1 amide bonds. The molecule has 0 spiro atoms. The number of aryl methyl sites for hydroxylation is 2. The number of nitrogens with one attached hydrogen (secondary N) is 2. The smallest absolute Gasteiger partial charge is 0.268 e. The number of H-pyrrole nitrogens is 1. The minimum atomic E-state index is -0.308. The average Bonchev–Trinajstić information content (AvgIpc) is 3.05. The van der Waals surface area contributed by atoms with Crippen LogP contribution < -0.4 is 10.1 Å². The van der Waals surface area contributed by atoms with Gasteiger partial charge in [0.1, 0.15) is 11.4 Å². The van der Waals surface area contributed by atoms with E-state index in [4.69, 9.17) is 9.47 Å². The number of aromatic amines is 1. The van der Waals surface area contributed by atoms with Gasteiger partial charge < -0.3 is 19.8 Å². The fourth-order valence-electron chi connectivity index (χ4n) is 2.29. The molecule has 1 heterocycles. The molecule has 0 aliphatic heterocycles. The van der Waals surface area contributed by atoms with E-state index >= 15 is 0 Å². The van der Waals surface area contributed by atoms with Crippen molar-refractivity contribution < 1.29 is 19.1 Å². The molecule has 2 rings (SSSR count). The molecule has 23 heavy (non-hydrogen) atoms. The van der Waals surface area contributed by atoms with Gasteiger partial charge in [-0.25, -0.2) is 0 Å². The number of rotatable bonds is 7. The molecule has 2 N–H and O–H groups in total. The van der Waals surface area contributed by atoms with E-state index in [0.29, 0.717) is 17.0 Å². The summed E-state index contributed by atoms with van der Waals surface area (Å²) in [5, 5.41) is 2.60. The number of hydrogen-bond acceptors (Lipinski definition) is 4. The summed E-state index contributed by atoms with van der Waals surface area (Å²) in [5.74, 6) is 0.241. The van der Waals surface area contributed by atoms with Gasteiger partial charge in [0.2, 0.25) is 0 Å². The van der Waals surface area contributed by atoms with Crippen LogP contribution in [0.5, 0.6) is 5.75 Å². The van der Waals surface area contributed by atoms with Gasteiger partial charge in [0.15, 0.2) is 12.6 Å². The Hall–Kier alpha value is -2.60. The van der Waals surface area contributed by atoms with Gasteiger partial charge in [-0.1, -0.05) is 0 Å². The van der Waals surface area contributed by atoms with Gasteiger partial charge in [-0.2, -0.15) is 0 Å². The maximum absolute atomic E-state index is 12.3. The Morgan fingerprint density at radius 2 is 1.91 bits per heavy atom. The van der Waals surface area contributed by atoms with Crippen molar-refractivity contribution >= 4 is 11.7 Å². The van der Waals surface area contributed by atoms with Crippen LogP contribution in [0, 0.1) is 13.8 Å². The summed E-state index contributed by atoms with van der Waals surface area (Å²) in [6.45, 7) is 3.83. The number of methoxy groups -OCH3 is 1. The van der Waals surface area contributed by atoms with Crippen LogP contribution >= 0.6 is 0 Å². The lowest BCUT2D eigenvalue weighted by Crippen LogP contribution is -2.29. The Kier molecular flexibility index (Phi) is 5.54. The number of hydrogen-bond donors (Lipinski definition) is 2. The lowest BCUT2D eigenvalue weighted by Gasteiger charge is -2.13. The van der Waals surface area contributed by atoms with Crippen LogP contribution in [0.2, 0.25) is 0 Å². The number of carbonyl (C=O) groups excluding carboxylic acids is 2. The standard InChI is InChI=1S/C17H20N2O4/c1-11-7-13(8-12(2)16(11)23-10-22-3)15(20)9-19-17(21)14-5-4-6-18-14/h4-8,18H,9-10H2,1-3H3,(H,19,21). The van der Waals surface area contributed by atoms with Gasteiger partial charge >= 0.3 is 0 Å². The van der Waals surface area contributed by atoms with Gasteiger partial charge in [-0.3, -0.25) is 9.59 Å². The Morgan fingerprint density at radius 1 is 1.22 bits per heavy atom. The topological polar surface area (TPSA) is 80.4 Å². The molecule has 6 nitrogen and oxygen atoms in total. The van der Waals surface area contributed by atoms with Crippen molar-refractivity contribution in [1.29, 1.82) is 0 Å². The highest BCUT2D eigenvalue weighted by Gasteiger charge is 2.13. The summed E-state index contributed by atoms with van der Waals surface area (Å²) in [6, 6.07) is 6.88. The van der Waals surface area contributed by atoms with Gasteiger partial charge in [0.25, 0.3) is 5.91 Å². The summed E-state index contributed by atoms with van der Waals surface area (Å²) in [7, 11) is 1.55. The summed E-state index contributed by atoms with van der Waals surface area (Å²) in [4.78, 5) is 26.9. The van der Waals surface area contributed by atoms with Crippen LogP contribution in [0.3, 0.4) is 0 Å². The number of Topliss-reactive ketones (excluding diaryl/α,β-unsaturated/α-hetero) is 1. The first-order valence-electron chi connectivity index (χ1n) is 7.20. The second-order valence-electron chi connectivity index (χ2n) is 5.18. The van der Waals surface area contributed by atoms with E-state index in [1.165, 1.54) is 0 Å². The van der Waals surface area contributed by atoms with Crippen LogP contribution in [0.4, 0.5) is 0 Å². The minimum Gasteiger partial charge on any atom is -0.467 e. The van der Waals surface area contributed by atoms with Crippen LogP contribution in [-0.4, -0.2) is 37.1 Å². The third-order valence-electron chi connectivity index (χ3n) is 3.36. The van der Waals surface area contributed by atoms with Gasteiger partial charge in [0.05, 0.1) is 6.54 Å². The normalized spacial score (nSPS) is 10.4. The van der Waals surface area contributed by atoms with Gasteiger partial charge in [0, 0.05) is 18.9 Å². The molecule has 122 valence electrons. The van der Waals surface area contributed by atoms with Crippen LogP contribution in [0.25, 0.3) is 0 Å². The Balaban J connectivity index is 2.03. The van der Waals surface area contributed by atoms with Crippen LogP contribution in [0.1, 0.15) is 32.0 Å². The van der Waals surface area contributed by atoms with E-state index in [1.54, 1.807) is 37.6 Å². The summed E-state index contributed by atoms with van der Waals surface area (Å²) >= 11 is 0. The predicted octanol–water partition coefficient (Wildman–Crippen LogP) is 2.23. The zero-order valence-electron chi connectivity index (χ0n) is 13.4. The highest BCUT2D eigenvalue weighted by atomic mass is 16.7. The molecule has 1 aromatic carbocycles. The van der Waals surface area contributed by atoms with Crippen LogP contribution in [-0.2, 0) is 4.74 Å². The van der Waals surface area contributed by atoms with E-state index < -0.39 is 0 Å². The molecular formula is C17H20N2O4. The fourth-order valence-corrected chi connectivity index (χ4v) is 2.29. The first kappa shape index (κ1) is 16.8. The average molecular weight is 316 g/mol. The van der Waals surface area contributed by atoms with Crippen molar-refractivity contribution in [1.82, 2.24) is 10.3 Å². The maximum atomic E-state index is 12.3. The lowest BCUT2D eigenvalue weighted by atomic mass is 10.0. The highest BCUT2D eigenvalue weighted by Crippen LogP contribution is 2.25. The molecule has 0 saturated carbocycles. The molecule has 0 fully saturated rings. The van der Waals surface area contributed by atoms with Crippen molar-refractivity contribution in [2.75, 3.05) is 20.4 Å². The zero-order chi connectivity index (χ0) is 16.8. The number of benzene rings is 1. The van der Waals surface area contributed by atoms with E-state index in [0.717, 1.165) is 11.1 Å². The molecule has 0 radical (unpaired) electrons. The van der Waals surface area contributed by atoms with Crippen molar-refractivity contribution in [3.8, 4) is 5.75 Å². The third kappa shape index (κ3) is 4.20. The quantitative estimate of drug-likeness (QED) is 0.606. The number of ketones is 1. The monoisotopic (exact) mass is 316 g/mol. The Labute approximate surface area is 134 Å². The van der Waals surface area contributed by atoms with Crippen molar-refractivity contribution in [3.63, 3.8) is 0 Å². The molecule has 0 aliphatic carbocycles. The molecule has 2 aromatic rings. The van der Waals surface area contributed by atoms with Crippen LogP contribution in [0.15, 0.2) is 30.5 Å². The second kappa shape index (κ2) is 7.60. The summed E-state index contributed by atoms with van der Waals surface area (Å²) < 4.78 is 10.4. The van der Waals surface area contributed by atoms with E-state index in [-0.39, 0.29) is 25.0 Å². The van der Waals surface area contributed by atoms with E-state index in [2.05, 4.69) is 10.3 Å². The summed E-state index contributed by atoms with van der Waals surface area (Å²) in [6.07, 6.45) is 1.65. The first-order chi connectivity index (χ1) is 11.0. The molecule has 1 aromatic heterocycles. The molecule has 0 atom stereocenters. The van der Waals surface area contributed by atoms with Crippen molar-refractivity contribution in [3.05, 3.63) is 52.8 Å². The summed E-state index contributed by atoms with van der Waals surface area (Å²) in [5.41, 5.74) is 2.66. The number of aromatic nitrogens is 1. The molecule has 0 bridgehead atoms. The van der Waals surface area contributed by atoms with Gasteiger partial charge in [-0.15, -0.1) is 0 Å². The molecule has 6 heteroatoms. The minimum absolute atomic E-state index is 0.0605. The lowest BCUT2D eigenvalue weighted by molar-refractivity contribution is 0.0501. The third-order valence-corrected chi connectivity index (χ3v) is 3.36. The van der Waals surface area contributed by atoms with E-state index in [1.807, 2.05) is 13.8 Å².